The summed E-state index contributed by atoms with van der Waals surface area (Å²) < 4.78 is 0. The van der Waals surface area contributed by atoms with Gasteiger partial charge in [0.1, 0.15) is 6.33 Å². The third-order valence-electron chi connectivity index (χ3n) is 6.57. The Bertz CT molecular complexity index is 1340. The Morgan fingerprint density at radius 1 is 0.900 bits per heavy atom. The van der Waals surface area contributed by atoms with E-state index in [1.807, 2.05) is 0 Å². The van der Waals surface area contributed by atoms with Gasteiger partial charge in [0.05, 0.1) is 11.2 Å². The summed E-state index contributed by atoms with van der Waals surface area (Å²) in [6.07, 6.45) is 2.77. The first-order chi connectivity index (χ1) is 14.1. The van der Waals surface area contributed by atoms with Crippen molar-refractivity contribution in [2.75, 3.05) is 0 Å². The van der Waals surface area contributed by atoms with E-state index in [9.17, 15) is 0 Å². The van der Waals surface area contributed by atoms with Gasteiger partial charge in [-0.25, -0.2) is 9.97 Å². The predicted molar refractivity (Wildman–Crippen MR) is 127 cm³/mol. The summed E-state index contributed by atoms with van der Waals surface area (Å²) in [4.78, 5) is 9.48. The second-order valence-electron chi connectivity index (χ2n) is 10.8. The fourth-order valence-corrected chi connectivity index (χ4v) is 5.47. The molecule has 0 bridgehead atoms. The van der Waals surface area contributed by atoms with E-state index in [1.54, 1.807) is 6.33 Å². The lowest BCUT2D eigenvalue weighted by molar-refractivity contribution is 0.411. The van der Waals surface area contributed by atoms with Crippen molar-refractivity contribution in [3.8, 4) is 11.3 Å². The quantitative estimate of drug-likeness (QED) is 0.338. The Labute approximate surface area is 179 Å². The van der Waals surface area contributed by atoms with Crippen LogP contribution < -0.4 is 0 Å². The number of aryl methyl sites for hydroxylation is 2. The maximum Gasteiger partial charge on any atom is 0.116 e. The molecule has 3 aromatic carbocycles. The van der Waals surface area contributed by atoms with Gasteiger partial charge >= 0.3 is 0 Å². The molecule has 0 atom stereocenters. The average Bonchev–Trinajstić information content (AvgIpc) is 2.63. The summed E-state index contributed by atoms with van der Waals surface area (Å²) in [5, 5.41) is 3.91. The van der Waals surface area contributed by atoms with Crippen molar-refractivity contribution in [3.05, 3.63) is 70.5 Å². The molecule has 1 aliphatic rings. The van der Waals surface area contributed by atoms with Gasteiger partial charge in [-0.3, -0.25) is 0 Å². The van der Waals surface area contributed by atoms with Crippen molar-refractivity contribution < 1.29 is 0 Å². The van der Waals surface area contributed by atoms with E-state index >= 15 is 0 Å². The van der Waals surface area contributed by atoms with E-state index in [0.29, 0.717) is 0 Å². The number of hydrogen-bond donors (Lipinski definition) is 0. The lowest BCUT2D eigenvalue weighted by Gasteiger charge is -2.36. The van der Waals surface area contributed by atoms with Crippen LogP contribution in [0, 0.1) is 19.3 Å². The van der Waals surface area contributed by atoms with Gasteiger partial charge in [0.15, 0.2) is 0 Å². The van der Waals surface area contributed by atoms with E-state index in [2.05, 4.69) is 84.9 Å². The van der Waals surface area contributed by atoms with E-state index in [-0.39, 0.29) is 10.8 Å². The molecule has 0 spiro atoms. The molecule has 1 aliphatic carbocycles. The number of fused-ring (bicyclic) bond motifs is 4. The summed E-state index contributed by atoms with van der Waals surface area (Å²) >= 11 is 0. The first kappa shape index (κ1) is 19.2. The van der Waals surface area contributed by atoms with Crippen LogP contribution in [-0.4, -0.2) is 9.97 Å². The molecule has 0 unspecified atom stereocenters. The number of hydrogen-bond acceptors (Lipinski definition) is 2. The summed E-state index contributed by atoms with van der Waals surface area (Å²) in [6.45, 7) is 16.0. The molecule has 152 valence electrons. The highest BCUT2D eigenvalue weighted by molar-refractivity contribution is 6.05. The van der Waals surface area contributed by atoms with E-state index < -0.39 is 0 Å². The molecular weight excluding hydrogens is 364 g/mol. The molecule has 0 saturated heterocycles. The highest BCUT2D eigenvalue weighted by Crippen LogP contribution is 2.50. The number of benzene rings is 3. The van der Waals surface area contributed by atoms with Gasteiger partial charge in [0, 0.05) is 16.4 Å². The molecule has 0 amide bonds. The Hall–Kier alpha value is -2.74. The minimum absolute atomic E-state index is 0.126. The minimum Gasteiger partial charge on any atom is -0.236 e. The summed E-state index contributed by atoms with van der Waals surface area (Å²) in [5.74, 6) is 0. The van der Waals surface area contributed by atoms with Crippen LogP contribution in [0.5, 0.6) is 0 Å². The van der Waals surface area contributed by atoms with Crippen LogP contribution in [-0.2, 0) is 11.8 Å². The third kappa shape index (κ3) is 2.77. The van der Waals surface area contributed by atoms with Gasteiger partial charge in [-0.05, 0) is 64.8 Å². The topological polar surface area (TPSA) is 25.8 Å². The highest BCUT2D eigenvalue weighted by Gasteiger charge is 2.36. The number of aromatic nitrogens is 2. The largest absolute Gasteiger partial charge is 0.236 e. The van der Waals surface area contributed by atoms with Gasteiger partial charge in [-0.15, -0.1) is 0 Å². The molecule has 4 aromatic rings. The van der Waals surface area contributed by atoms with Gasteiger partial charge in [-0.1, -0.05) is 70.5 Å². The van der Waals surface area contributed by atoms with Crippen LogP contribution in [0.4, 0.5) is 0 Å². The molecular formula is C28H30N2. The Morgan fingerprint density at radius 2 is 1.67 bits per heavy atom. The van der Waals surface area contributed by atoms with Crippen molar-refractivity contribution >= 4 is 21.7 Å². The van der Waals surface area contributed by atoms with E-state index in [0.717, 1.165) is 17.6 Å². The molecule has 30 heavy (non-hydrogen) atoms. The van der Waals surface area contributed by atoms with Crippen LogP contribution in [0.1, 0.15) is 62.4 Å². The summed E-state index contributed by atoms with van der Waals surface area (Å²) in [5.41, 5.74) is 10.3. The molecule has 2 nitrogen and oxygen atoms in total. The molecule has 5 rings (SSSR count). The van der Waals surface area contributed by atoms with Crippen molar-refractivity contribution in [1.29, 1.82) is 0 Å². The predicted octanol–water partition coefficient (Wildman–Crippen LogP) is 7.29. The second kappa shape index (κ2) is 6.14. The Kier molecular flexibility index (Phi) is 3.93. The average molecular weight is 395 g/mol. The van der Waals surface area contributed by atoms with Gasteiger partial charge < -0.3 is 0 Å². The van der Waals surface area contributed by atoms with Gasteiger partial charge in [0.25, 0.3) is 0 Å². The minimum atomic E-state index is -0.126. The van der Waals surface area contributed by atoms with Crippen molar-refractivity contribution in [3.63, 3.8) is 0 Å². The van der Waals surface area contributed by atoms with Crippen molar-refractivity contribution in [2.24, 2.45) is 5.41 Å². The standard InChI is InChI=1S/C28H30N2/c1-16-10-17(2)19-8-9-20-25(21(19)11-16)28(6,7)22-12-18(14-27(3,4)5)13-23-24(22)26(20)30-15-29-23/h8-13,15H,14H2,1-7H3. The molecule has 0 aliphatic heterocycles. The zero-order valence-corrected chi connectivity index (χ0v) is 19.1. The van der Waals surface area contributed by atoms with Crippen LogP contribution >= 0.6 is 0 Å². The van der Waals surface area contributed by atoms with Crippen LogP contribution in [0.3, 0.4) is 0 Å². The van der Waals surface area contributed by atoms with Gasteiger partial charge in [-0.2, -0.15) is 0 Å². The lowest BCUT2D eigenvalue weighted by Crippen LogP contribution is -2.25. The molecule has 0 fully saturated rings. The van der Waals surface area contributed by atoms with Crippen LogP contribution in [0.25, 0.3) is 32.9 Å². The Balaban J connectivity index is 1.92. The normalized spacial score (nSPS) is 14.9. The number of rotatable bonds is 1. The fourth-order valence-electron chi connectivity index (χ4n) is 5.47. The fraction of sp³-hybridized carbons (Fsp3) is 0.357. The first-order valence-electron chi connectivity index (χ1n) is 10.9. The molecule has 0 radical (unpaired) electrons. The molecule has 2 heteroatoms. The first-order valence-corrected chi connectivity index (χ1v) is 10.9. The Morgan fingerprint density at radius 3 is 2.40 bits per heavy atom. The zero-order valence-electron chi connectivity index (χ0n) is 19.1. The van der Waals surface area contributed by atoms with E-state index in [1.165, 1.54) is 49.5 Å². The SMILES string of the molecule is Cc1cc(C)c2ccc3c(c2c1)C(C)(C)c1cc(CC(C)(C)C)cc2ncnc-3c12. The highest BCUT2D eigenvalue weighted by atomic mass is 14.8. The third-order valence-corrected chi connectivity index (χ3v) is 6.57. The molecule has 0 N–H and O–H groups in total. The van der Waals surface area contributed by atoms with Crippen molar-refractivity contribution in [1.82, 2.24) is 9.97 Å². The maximum absolute atomic E-state index is 4.79. The van der Waals surface area contributed by atoms with Crippen LogP contribution in [0.2, 0.25) is 0 Å². The monoisotopic (exact) mass is 394 g/mol. The lowest BCUT2D eigenvalue weighted by atomic mass is 9.67. The van der Waals surface area contributed by atoms with Gasteiger partial charge in [0.2, 0.25) is 0 Å². The number of nitrogens with zero attached hydrogens (tertiary/aromatic N) is 2. The molecule has 1 heterocycles. The maximum atomic E-state index is 4.79. The molecule has 1 aromatic heterocycles. The van der Waals surface area contributed by atoms with Crippen LogP contribution in [0.15, 0.2) is 42.7 Å². The summed E-state index contributed by atoms with van der Waals surface area (Å²) in [6, 6.07) is 13.9. The van der Waals surface area contributed by atoms with Crippen molar-refractivity contribution in [2.45, 2.75) is 60.3 Å². The molecule has 0 saturated carbocycles. The summed E-state index contributed by atoms with van der Waals surface area (Å²) in [7, 11) is 0. The zero-order chi connectivity index (χ0) is 21.4. The smallest absolute Gasteiger partial charge is 0.116 e. The van der Waals surface area contributed by atoms with E-state index in [4.69, 9.17) is 9.97 Å². The second-order valence-corrected chi connectivity index (χ2v) is 10.8.